The molecular formula is C13H13ClN2O2S. The van der Waals surface area contributed by atoms with Crippen LogP contribution in [0.25, 0.3) is 0 Å². The van der Waals surface area contributed by atoms with Crippen molar-refractivity contribution < 1.29 is 9.53 Å². The number of aromatic nitrogens is 1. The lowest BCUT2D eigenvalue weighted by Gasteiger charge is -2.09. The highest BCUT2D eigenvalue weighted by atomic mass is 35.5. The van der Waals surface area contributed by atoms with Gasteiger partial charge in [0.15, 0.2) is 0 Å². The standard InChI is InChI=1S/C13H13ClN2O2S/c1-8-5-10(3-4-11(8)16-9(2)17)18-7-13-15-6-12(14)19-13/h3-6H,7H2,1-2H3,(H,16,17). The van der Waals surface area contributed by atoms with E-state index in [1.807, 2.05) is 25.1 Å². The molecule has 0 aliphatic rings. The summed E-state index contributed by atoms with van der Waals surface area (Å²) in [6.07, 6.45) is 1.61. The van der Waals surface area contributed by atoms with Crippen molar-refractivity contribution in [1.82, 2.24) is 4.98 Å². The van der Waals surface area contributed by atoms with Crippen LogP contribution in [0.1, 0.15) is 17.5 Å². The predicted molar refractivity (Wildman–Crippen MR) is 76.9 cm³/mol. The first kappa shape index (κ1) is 13.8. The molecule has 19 heavy (non-hydrogen) atoms. The second-order valence-electron chi connectivity index (χ2n) is 4.00. The highest BCUT2D eigenvalue weighted by Gasteiger charge is 2.04. The third kappa shape index (κ3) is 3.94. The number of hydrogen-bond acceptors (Lipinski definition) is 4. The van der Waals surface area contributed by atoms with Crippen LogP contribution in [0.15, 0.2) is 24.4 Å². The second-order valence-corrected chi connectivity index (χ2v) is 5.75. The maximum absolute atomic E-state index is 11.0. The summed E-state index contributed by atoms with van der Waals surface area (Å²) in [5.74, 6) is 0.645. The number of anilines is 1. The normalized spacial score (nSPS) is 10.3. The Morgan fingerprint density at radius 3 is 2.89 bits per heavy atom. The topological polar surface area (TPSA) is 51.2 Å². The maximum Gasteiger partial charge on any atom is 0.221 e. The molecule has 1 amide bonds. The van der Waals surface area contributed by atoms with E-state index in [-0.39, 0.29) is 5.91 Å². The van der Waals surface area contributed by atoms with E-state index in [0.29, 0.717) is 10.9 Å². The summed E-state index contributed by atoms with van der Waals surface area (Å²) in [4.78, 5) is 15.1. The fraction of sp³-hybridized carbons (Fsp3) is 0.231. The van der Waals surface area contributed by atoms with E-state index in [1.165, 1.54) is 18.3 Å². The van der Waals surface area contributed by atoms with Crippen molar-refractivity contribution >= 4 is 34.5 Å². The number of halogens is 1. The quantitative estimate of drug-likeness (QED) is 0.937. The fourth-order valence-electron chi connectivity index (χ4n) is 1.56. The number of thiazole rings is 1. The Bertz CT molecular complexity index is 598. The van der Waals surface area contributed by atoms with E-state index in [1.54, 1.807) is 6.20 Å². The van der Waals surface area contributed by atoms with Gasteiger partial charge in [-0.05, 0) is 30.7 Å². The van der Waals surface area contributed by atoms with Gasteiger partial charge < -0.3 is 10.1 Å². The number of carbonyl (C=O) groups is 1. The third-order valence-corrected chi connectivity index (χ3v) is 3.48. The van der Waals surface area contributed by atoms with Crippen molar-refractivity contribution in [3.8, 4) is 5.75 Å². The first-order chi connectivity index (χ1) is 9.04. The van der Waals surface area contributed by atoms with Crippen molar-refractivity contribution in [2.45, 2.75) is 20.5 Å². The minimum absolute atomic E-state index is 0.0887. The molecule has 0 bridgehead atoms. The predicted octanol–water partition coefficient (Wildman–Crippen LogP) is 3.64. The van der Waals surface area contributed by atoms with Crippen molar-refractivity contribution in [3.63, 3.8) is 0 Å². The Morgan fingerprint density at radius 2 is 2.32 bits per heavy atom. The van der Waals surface area contributed by atoms with Gasteiger partial charge in [0.05, 0.1) is 6.20 Å². The van der Waals surface area contributed by atoms with E-state index in [4.69, 9.17) is 16.3 Å². The Kier molecular flexibility index (Phi) is 4.39. The first-order valence-electron chi connectivity index (χ1n) is 5.66. The molecule has 1 aromatic heterocycles. The SMILES string of the molecule is CC(=O)Nc1ccc(OCc2ncc(Cl)s2)cc1C. The van der Waals surface area contributed by atoms with Gasteiger partial charge in [-0.25, -0.2) is 4.98 Å². The Hall–Kier alpha value is -1.59. The van der Waals surface area contributed by atoms with E-state index in [9.17, 15) is 4.79 Å². The molecule has 0 aliphatic carbocycles. The number of ether oxygens (including phenoxy) is 1. The van der Waals surface area contributed by atoms with Crippen LogP contribution in [-0.2, 0) is 11.4 Å². The summed E-state index contributed by atoms with van der Waals surface area (Å²) in [7, 11) is 0. The van der Waals surface area contributed by atoms with E-state index < -0.39 is 0 Å². The molecule has 1 N–H and O–H groups in total. The molecule has 0 saturated heterocycles. The number of nitrogens with one attached hydrogen (secondary N) is 1. The summed E-state index contributed by atoms with van der Waals surface area (Å²) in [5, 5.41) is 3.58. The van der Waals surface area contributed by atoms with Gasteiger partial charge in [-0.3, -0.25) is 4.79 Å². The number of benzene rings is 1. The summed E-state index contributed by atoms with van der Waals surface area (Å²) in [6, 6.07) is 5.51. The molecule has 6 heteroatoms. The van der Waals surface area contributed by atoms with Crippen molar-refractivity contribution in [3.05, 3.63) is 39.3 Å². The maximum atomic E-state index is 11.0. The van der Waals surface area contributed by atoms with Gasteiger partial charge >= 0.3 is 0 Å². The van der Waals surface area contributed by atoms with Crippen LogP contribution in [0.5, 0.6) is 5.75 Å². The molecule has 4 nitrogen and oxygen atoms in total. The van der Waals surface area contributed by atoms with Crippen LogP contribution in [0.3, 0.4) is 0 Å². The van der Waals surface area contributed by atoms with E-state index in [2.05, 4.69) is 10.3 Å². The van der Waals surface area contributed by atoms with Gasteiger partial charge in [0.2, 0.25) is 5.91 Å². The molecule has 0 saturated carbocycles. The molecule has 0 atom stereocenters. The van der Waals surface area contributed by atoms with Gasteiger partial charge in [-0.2, -0.15) is 0 Å². The molecule has 0 aliphatic heterocycles. The number of rotatable bonds is 4. The van der Waals surface area contributed by atoms with Gasteiger partial charge in [0.1, 0.15) is 21.7 Å². The van der Waals surface area contributed by atoms with Crippen LogP contribution in [0.4, 0.5) is 5.69 Å². The van der Waals surface area contributed by atoms with Crippen LogP contribution in [-0.4, -0.2) is 10.9 Å². The number of carbonyl (C=O) groups excluding carboxylic acids is 1. The zero-order chi connectivity index (χ0) is 13.8. The van der Waals surface area contributed by atoms with Gasteiger partial charge in [-0.1, -0.05) is 11.6 Å². The zero-order valence-electron chi connectivity index (χ0n) is 10.6. The van der Waals surface area contributed by atoms with Crippen LogP contribution >= 0.6 is 22.9 Å². The second kappa shape index (κ2) is 6.04. The van der Waals surface area contributed by atoms with Crippen molar-refractivity contribution in [2.75, 3.05) is 5.32 Å². The number of hydrogen-bond donors (Lipinski definition) is 1. The molecule has 2 rings (SSSR count). The molecule has 2 aromatic rings. The van der Waals surface area contributed by atoms with E-state index >= 15 is 0 Å². The third-order valence-electron chi connectivity index (χ3n) is 2.40. The molecule has 1 aromatic carbocycles. The lowest BCUT2D eigenvalue weighted by Crippen LogP contribution is -2.07. The highest BCUT2D eigenvalue weighted by Crippen LogP contribution is 2.24. The smallest absolute Gasteiger partial charge is 0.221 e. The molecule has 0 unspecified atom stereocenters. The van der Waals surface area contributed by atoms with Gasteiger partial charge in [-0.15, -0.1) is 11.3 Å². The molecule has 100 valence electrons. The monoisotopic (exact) mass is 296 g/mol. The van der Waals surface area contributed by atoms with Crippen LogP contribution in [0.2, 0.25) is 4.34 Å². The minimum Gasteiger partial charge on any atom is -0.486 e. The molecule has 0 radical (unpaired) electrons. The summed E-state index contributed by atoms with van der Waals surface area (Å²) in [6.45, 7) is 3.78. The average Bonchev–Trinajstić information content (AvgIpc) is 2.75. The van der Waals surface area contributed by atoms with E-state index in [0.717, 1.165) is 22.0 Å². The molecule has 0 fully saturated rings. The van der Waals surface area contributed by atoms with Crippen LogP contribution < -0.4 is 10.1 Å². The first-order valence-corrected chi connectivity index (χ1v) is 6.85. The largest absolute Gasteiger partial charge is 0.486 e. The summed E-state index contributed by atoms with van der Waals surface area (Å²) >= 11 is 7.19. The van der Waals surface area contributed by atoms with Crippen LogP contribution in [0, 0.1) is 6.92 Å². The lowest BCUT2D eigenvalue weighted by molar-refractivity contribution is -0.114. The van der Waals surface area contributed by atoms with Gasteiger partial charge in [0, 0.05) is 12.6 Å². The minimum atomic E-state index is -0.0887. The Balaban J connectivity index is 2.01. The highest BCUT2D eigenvalue weighted by molar-refractivity contribution is 7.15. The number of nitrogens with zero attached hydrogens (tertiary/aromatic N) is 1. The molecule has 1 heterocycles. The lowest BCUT2D eigenvalue weighted by atomic mass is 10.2. The van der Waals surface area contributed by atoms with Crippen molar-refractivity contribution in [2.24, 2.45) is 0 Å². The average molecular weight is 297 g/mol. The Morgan fingerprint density at radius 1 is 1.53 bits per heavy atom. The zero-order valence-corrected chi connectivity index (χ0v) is 12.1. The Labute approximate surface area is 120 Å². The molecular weight excluding hydrogens is 284 g/mol. The molecule has 0 spiro atoms. The summed E-state index contributed by atoms with van der Waals surface area (Å²) < 4.78 is 6.27. The number of amides is 1. The summed E-state index contributed by atoms with van der Waals surface area (Å²) in [5.41, 5.74) is 1.74. The number of aryl methyl sites for hydroxylation is 1. The van der Waals surface area contributed by atoms with Crippen molar-refractivity contribution in [1.29, 1.82) is 0 Å². The fourth-order valence-corrected chi connectivity index (χ4v) is 2.43. The van der Waals surface area contributed by atoms with Gasteiger partial charge in [0.25, 0.3) is 0 Å².